The molecule has 3 heteroatoms. The molecule has 2 aliphatic rings. The van der Waals surface area contributed by atoms with Crippen LogP contribution in [0.2, 0.25) is 0 Å². The van der Waals surface area contributed by atoms with E-state index < -0.39 is 5.60 Å². The summed E-state index contributed by atoms with van der Waals surface area (Å²) < 4.78 is 5.87. The first-order valence-corrected chi connectivity index (χ1v) is 7.96. The third-order valence-electron chi connectivity index (χ3n) is 4.47. The van der Waals surface area contributed by atoms with Crippen molar-refractivity contribution in [1.82, 2.24) is 0 Å². The molecule has 0 fully saturated rings. The van der Waals surface area contributed by atoms with Gasteiger partial charge in [0.25, 0.3) is 0 Å². The molecule has 1 unspecified atom stereocenters. The number of carbonyl (C=O) groups is 1. The van der Waals surface area contributed by atoms with Crippen LogP contribution in [0.25, 0.3) is 5.57 Å². The molecule has 1 aliphatic carbocycles. The highest BCUT2D eigenvalue weighted by Crippen LogP contribution is 2.43. The normalized spacial score (nSPS) is 21.2. The fourth-order valence-corrected chi connectivity index (χ4v) is 3.20. The van der Waals surface area contributed by atoms with E-state index in [4.69, 9.17) is 9.73 Å². The van der Waals surface area contributed by atoms with E-state index in [2.05, 4.69) is 13.0 Å². The fraction of sp³-hybridized carbons (Fsp3) is 0.143. The van der Waals surface area contributed by atoms with Crippen molar-refractivity contribution in [1.29, 1.82) is 0 Å². The Bertz CT molecular complexity index is 922. The van der Waals surface area contributed by atoms with Crippen molar-refractivity contribution >= 4 is 22.9 Å². The van der Waals surface area contributed by atoms with Crippen molar-refractivity contribution in [3.63, 3.8) is 0 Å². The van der Waals surface area contributed by atoms with Gasteiger partial charge in [-0.25, -0.2) is 9.79 Å². The van der Waals surface area contributed by atoms with E-state index in [1.165, 1.54) is 0 Å². The van der Waals surface area contributed by atoms with Gasteiger partial charge >= 0.3 is 5.97 Å². The van der Waals surface area contributed by atoms with Gasteiger partial charge in [-0.1, -0.05) is 42.5 Å². The Balaban J connectivity index is 1.73. The second-order valence-corrected chi connectivity index (χ2v) is 6.23. The van der Waals surface area contributed by atoms with Gasteiger partial charge in [-0.3, -0.25) is 0 Å². The second-order valence-electron chi connectivity index (χ2n) is 6.23. The van der Waals surface area contributed by atoms with Gasteiger partial charge in [0.1, 0.15) is 0 Å². The van der Waals surface area contributed by atoms with Crippen LogP contribution in [0.4, 0.5) is 5.69 Å². The minimum Gasteiger partial charge on any atom is -0.445 e. The molecule has 2 aromatic rings. The summed E-state index contributed by atoms with van der Waals surface area (Å²) in [5, 5.41) is 0. The van der Waals surface area contributed by atoms with E-state index in [1.807, 2.05) is 55.5 Å². The summed E-state index contributed by atoms with van der Waals surface area (Å²) in [6, 6.07) is 17.1. The lowest BCUT2D eigenvalue weighted by atomic mass is 9.83. The van der Waals surface area contributed by atoms with Crippen LogP contribution in [0.3, 0.4) is 0 Å². The fourth-order valence-electron chi connectivity index (χ4n) is 3.20. The Morgan fingerprint density at radius 1 is 1.04 bits per heavy atom. The first kappa shape index (κ1) is 14.6. The Morgan fingerprint density at radius 2 is 1.75 bits per heavy atom. The molecule has 0 N–H and O–H groups in total. The molecule has 0 aromatic heterocycles. The maximum Gasteiger partial charge on any atom is 0.339 e. The third kappa shape index (κ3) is 2.21. The number of allylic oxidation sites excluding steroid dienone is 2. The molecule has 1 heterocycles. The lowest BCUT2D eigenvalue weighted by molar-refractivity contribution is 0.0309. The molecule has 3 nitrogen and oxygen atoms in total. The zero-order chi connectivity index (χ0) is 16.7. The van der Waals surface area contributed by atoms with Gasteiger partial charge in [-0.15, -0.1) is 0 Å². The van der Waals surface area contributed by atoms with Crippen LogP contribution in [0, 0.1) is 0 Å². The zero-order valence-corrected chi connectivity index (χ0v) is 13.6. The number of aliphatic imine (C=N–C) groups is 1. The lowest BCUT2D eigenvalue weighted by Gasteiger charge is -2.30. The van der Waals surface area contributed by atoms with E-state index in [0.29, 0.717) is 5.56 Å². The van der Waals surface area contributed by atoms with Crippen molar-refractivity contribution in [2.45, 2.75) is 19.4 Å². The van der Waals surface area contributed by atoms with Crippen LogP contribution >= 0.6 is 0 Å². The van der Waals surface area contributed by atoms with Crippen molar-refractivity contribution in [3.8, 4) is 0 Å². The molecule has 0 spiro atoms. The molecule has 118 valence electrons. The number of carbonyl (C=O) groups excluding carboxylic acids is 1. The number of para-hydroxylation sites is 1. The topological polar surface area (TPSA) is 38.7 Å². The van der Waals surface area contributed by atoms with Crippen molar-refractivity contribution in [2.75, 3.05) is 0 Å². The van der Waals surface area contributed by atoms with Crippen LogP contribution in [-0.2, 0) is 4.74 Å². The predicted octanol–water partition coefficient (Wildman–Crippen LogP) is 4.73. The summed E-state index contributed by atoms with van der Waals surface area (Å²) in [6.45, 7) is 3.95. The lowest BCUT2D eigenvalue weighted by Crippen LogP contribution is -2.40. The molecular weight excluding hydrogens is 298 g/mol. The Kier molecular flexibility index (Phi) is 3.24. The number of benzene rings is 2. The van der Waals surface area contributed by atoms with Gasteiger partial charge in [-0.05, 0) is 43.7 Å². The molecule has 2 aromatic carbocycles. The summed E-state index contributed by atoms with van der Waals surface area (Å²) >= 11 is 0. The average molecular weight is 315 g/mol. The molecule has 24 heavy (non-hydrogen) atoms. The van der Waals surface area contributed by atoms with E-state index in [1.54, 1.807) is 12.1 Å². The number of rotatable bonds is 2. The quantitative estimate of drug-likeness (QED) is 0.751. The van der Waals surface area contributed by atoms with Crippen molar-refractivity contribution in [2.24, 2.45) is 4.99 Å². The van der Waals surface area contributed by atoms with E-state index in [-0.39, 0.29) is 5.97 Å². The van der Waals surface area contributed by atoms with Gasteiger partial charge in [0, 0.05) is 11.1 Å². The number of esters is 1. The average Bonchev–Trinajstić information content (AvgIpc) is 3.01. The largest absolute Gasteiger partial charge is 0.445 e. The van der Waals surface area contributed by atoms with E-state index in [0.717, 1.165) is 28.1 Å². The molecule has 0 saturated heterocycles. The molecular formula is C21H17NO2. The van der Waals surface area contributed by atoms with E-state index >= 15 is 0 Å². The van der Waals surface area contributed by atoms with Crippen LogP contribution < -0.4 is 0 Å². The Labute approximate surface area is 141 Å². The minimum absolute atomic E-state index is 0.347. The maximum absolute atomic E-state index is 12.5. The van der Waals surface area contributed by atoms with Crippen LogP contribution in [0.5, 0.6) is 0 Å². The van der Waals surface area contributed by atoms with Crippen LogP contribution in [-0.4, -0.2) is 17.3 Å². The molecule has 0 amide bonds. The number of nitrogens with zero attached hydrogens (tertiary/aromatic N) is 1. The summed E-state index contributed by atoms with van der Waals surface area (Å²) in [5.41, 5.74) is 4.68. The number of hydrogen-bond acceptors (Lipinski definition) is 3. The first-order valence-electron chi connectivity index (χ1n) is 7.96. The molecule has 4 rings (SSSR count). The summed E-state index contributed by atoms with van der Waals surface area (Å²) in [5.74, 6) is -0.347. The highest BCUT2D eigenvalue weighted by Gasteiger charge is 2.41. The van der Waals surface area contributed by atoms with E-state index in [9.17, 15) is 4.79 Å². The summed E-state index contributed by atoms with van der Waals surface area (Å²) in [6.07, 6.45) is 3.92. The summed E-state index contributed by atoms with van der Waals surface area (Å²) in [4.78, 5) is 17.3. The maximum atomic E-state index is 12.5. The van der Waals surface area contributed by atoms with Gasteiger partial charge in [0.05, 0.1) is 17.0 Å². The number of fused-ring (bicyclic) bond motifs is 3. The van der Waals surface area contributed by atoms with Crippen LogP contribution in [0.15, 0.2) is 77.3 Å². The zero-order valence-electron chi connectivity index (χ0n) is 13.6. The molecule has 0 saturated carbocycles. The number of hydrogen-bond donors (Lipinski definition) is 0. The SMILES string of the molecule is CC1=C2C(=Nc3ccccc32)C(C)(OC(=O)c2ccccc2)C=C1. The smallest absolute Gasteiger partial charge is 0.339 e. The molecule has 0 bridgehead atoms. The third-order valence-corrected chi connectivity index (χ3v) is 4.47. The highest BCUT2D eigenvalue weighted by atomic mass is 16.6. The predicted molar refractivity (Wildman–Crippen MR) is 95.5 cm³/mol. The number of ether oxygens (including phenoxy) is 1. The molecule has 1 aliphatic heterocycles. The standard InChI is InChI=1S/C21H17NO2/c1-14-12-13-21(2,24-20(23)15-8-4-3-5-9-15)19-18(14)16-10-6-7-11-17(16)22-19/h3-13H,1-2H3. The minimum atomic E-state index is -0.874. The first-order chi connectivity index (χ1) is 11.6. The highest BCUT2D eigenvalue weighted by molar-refractivity contribution is 6.34. The van der Waals surface area contributed by atoms with Crippen molar-refractivity contribution in [3.05, 3.63) is 83.4 Å². The van der Waals surface area contributed by atoms with Gasteiger partial charge in [0.2, 0.25) is 0 Å². The molecule has 0 radical (unpaired) electrons. The molecule has 1 atom stereocenters. The monoisotopic (exact) mass is 315 g/mol. The Morgan fingerprint density at radius 3 is 2.54 bits per heavy atom. The van der Waals surface area contributed by atoms with Gasteiger partial charge < -0.3 is 4.74 Å². The Hall–Kier alpha value is -2.94. The van der Waals surface area contributed by atoms with Crippen LogP contribution in [0.1, 0.15) is 29.8 Å². The summed E-state index contributed by atoms with van der Waals surface area (Å²) in [7, 11) is 0. The van der Waals surface area contributed by atoms with Gasteiger partial charge in [0.15, 0.2) is 5.60 Å². The van der Waals surface area contributed by atoms with Gasteiger partial charge in [-0.2, -0.15) is 0 Å². The second kappa shape index (κ2) is 5.31. The van der Waals surface area contributed by atoms with Crippen molar-refractivity contribution < 1.29 is 9.53 Å².